The number of aryl methyl sites for hydroxylation is 1. The summed E-state index contributed by atoms with van der Waals surface area (Å²) in [5, 5.41) is 10.9. The molecule has 0 bridgehead atoms. The maximum Gasteiger partial charge on any atom is 0.226 e. The number of pyridine rings is 7. The van der Waals surface area contributed by atoms with Crippen LogP contribution in [0.15, 0.2) is 237 Å². The highest BCUT2D eigenvalue weighted by Crippen LogP contribution is 2.43. The molecular weight excluding hydrogens is 1520 g/mol. The average molecular weight is 1630 g/mol. The zero-order valence-corrected chi connectivity index (χ0v) is 70.8. The molecule has 7 aliphatic rings. The smallest absolute Gasteiger partial charge is 0.226 e. The first-order valence-electron chi connectivity index (χ1n) is 42.0. The van der Waals surface area contributed by atoms with Gasteiger partial charge >= 0.3 is 0 Å². The van der Waals surface area contributed by atoms with Crippen LogP contribution >= 0.6 is 11.3 Å². The summed E-state index contributed by atoms with van der Waals surface area (Å²) in [6.45, 7) is 10.1. The molecule has 21 heterocycles. The first-order chi connectivity index (χ1) is 58.9. The summed E-state index contributed by atoms with van der Waals surface area (Å²) >= 11 is 1.69. The summed E-state index contributed by atoms with van der Waals surface area (Å²) < 4.78 is 26.5. The lowest BCUT2D eigenvalue weighted by molar-refractivity contribution is 0.317. The predicted molar refractivity (Wildman–Crippen MR) is 465 cm³/mol. The molecule has 0 spiro atoms. The predicted octanol–water partition coefficient (Wildman–Crippen LogP) is 18.6. The van der Waals surface area contributed by atoms with Gasteiger partial charge in [0.05, 0.1) is 43.1 Å². The number of imidazole rings is 1. The van der Waals surface area contributed by atoms with Crippen LogP contribution in [0.1, 0.15) is 177 Å². The van der Waals surface area contributed by atoms with E-state index in [4.69, 9.17) is 22.3 Å². The monoisotopic (exact) mass is 1630 g/mol. The second-order valence-electron chi connectivity index (χ2n) is 31.9. The number of nitrogens with one attached hydrogen (secondary N) is 1. The molecule has 0 radical (unpaired) electrons. The van der Waals surface area contributed by atoms with Crippen molar-refractivity contribution in [1.82, 2.24) is 104 Å². The van der Waals surface area contributed by atoms with E-state index in [0.717, 1.165) is 94.3 Å². The van der Waals surface area contributed by atoms with Gasteiger partial charge in [0.1, 0.15) is 29.0 Å². The number of rotatable bonds is 14. The van der Waals surface area contributed by atoms with Gasteiger partial charge in [-0.25, -0.2) is 19.9 Å². The van der Waals surface area contributed by atoms with Gasteiger partial charge in [0, 0.05) is 197 Å². The Hall–Kier alpha value is -11.3. The number of furan rings is 1. The minimum absolute atomic E-state index is 0.436. The van der Waals surface area contributed by atoms with Crippen LogP contribution in [0.4, 0.5) is 0 Å². The Morgan fingerprint density at radius 3 is 1.23 bits per heavy atom. The quantitative estimate of drug-likeness (QED) is 0.106. The SMILES string of the molecule is CN1CCC[C@H]1c1cnccc1-c1ccno1.CN1CCC[C@H]1c1cnccc1-c1ccon1.CN1CCC[C@H]1c1cnccc1-c1cnc[nH]1.CN1CCC[C@H]1c1cnccc1-c1cnco1.CN1CCC[C@H]1c1cnccc1-c1ncco1.CN1CCC[C@H]1c1cnccc1-c1nccs1.Cc1cc(-c2ccco2)c([C@@H]2CCCN2C)cn1. The van der Waals surface area contributed by atoms with Crippen molar-refractivity contribution < 1.29 is 22.3 Å². The molecule has 27 heteroatoms. The lowest BCUT2D eigenvalue weighted by atomic mass is 9.98. The van der Waals surface area contributed by atoms with E-state index in [2.05, 4.69) is 172 Å². The van der Waals surface area contributed by atoms with Crippen molar-refractivity contribution in [2.45, 2.75) is 139 Å². The zero-order valence-electron chi connectivity index (χ0n) is 70.0. The molecule has 7 fully saturated rings. The van der Waals surface area contributed by atoms with Gasteiger partial charge in [-0.05, 0) is 280 Å². The number of aromatic amines is 1. The molecule has 0 aromatic carbocycles. The Bertz CT molecular complexity index is 4640. The maximum absolute atomic E-state index is 5.56. The van der Waals surface area contributed by atoms with E-state index in [1.807, 2.05) is 135 Å². The average Bonchev–Trinajstić information content (AvgIpc) is 1.65. The Morgan fingerprint density at radius 2 is 0.817 bits per heavy atom. The molecule has 0 saturated carbocycles. The number of thiazole rings is 1. The fourth-order valence-corrected chi connectivity index (χ4v) is 18.8. The van der Waals surface area contributed by atoms with Crippen LogP contribution in [0, 0.1) is 6.92 Å². The minimum Gasteiger partial charge on any atom is -0.464 e. The van der Waals surface area contributed by atoms with Gasteiger partial charge in [-0.3, -0.25) is 69.2 Å². The molecule has 120 heavy (non-hydrogen) atoms. The highest BCUT2D eigenvalue weighted by Gasteiger charge is 2.33. The second-order valence-corrected chi connectivity index (χ2v) is 32.8. The lowest BCUT2D eigenvalue weighted by Gasteiger charge is -2.21. The minimum atomic E-state index is 0.436. The molecule has 0 amide bonds. The third kappa shape index (κ3) is 20.3. The third-order valence-corrected chi connectivity index (χ3v) is 25.2. The first kappa shape index (κ1) is 83.8. The van der Waals surface area contributed by atoms with Gasteiger partial charge in [-0.15, -0.1) is 11.3 Å². The van der Waals surface area contributed by atoms with Crippen molar-refractivity contribution in [3.05, 3.63) is 260 Å². The van der Waals surface area contributed by atoms with E-state index in [1.54, 1.807) is 73.6 Å². The summed E-state index contributed by atoms with van der Waals surface area (Å²) in [6, 6.07) is 25.3. The Kier molecular flexibility index (Phi) is 28.7. The number of likely N-dealkylation sites (tertiary alicyclic amines) is 7. The van der Waals surface area contributed by atoms with E-state index in [-0.39, 0.29) is 0 Å². The standard InChI is InChI=1S/C15H18N2O.C13H16N4.4C13H15N3O.C13H15N3S/c1-11-9-12(15-6-4-8-18-15)13(10-16-11)14-5-3-7-17(14)2;1-17-6-2-3-13(17)11-7-14-5-4-10(11)12-8-15-9-16-12;1-16-8-2-3-12(16)11-9-14-6-4-10(11)13-5-7-15-17-13;1-16-7-2-3-13(16)11-9-14-6-4-10(11)12-5-8-17-15-12;1-16-7-2-3-12(16)11-9-14-5-4-10(11)13-15-6-8-17-13;1-16-6-2-3-12(16)11-7-14-5-4-10(11)13-8-15-9-17-13;1-16-7-2-3-12(16)11-9-14-5-4-10(11)13-15-6-8-17-13/h4,6,8-10,14H,3,5,7H2,1-2H3;4-5,7-9,13H,2-3,6H2,1H3,(H,15,16);4-7,9,12H,2-3,8H2,1H3;4-6,8-9,13H,2-3,7H2,1H3;4-6,8-9,12H,2-3,7H2,1H3;4-5,7-9,12H,2-3,6H2,1H3;4-6,8-9,12H,2-3,7H2,1H3/t14-;13-;12-;13-;3*12-/m0000000/s1. The molecule has 14 aromatic rings. The molecule has 0 aliphatic carbocycles. The van der Waals surface area contributed by atoms with E-state index in [1.165, 1.54) is 165 Å². The van der Waals surface area contributed by atoms with Crippen molar-refractivity contribution in [2.24, 2.45) is 0 Å². The van der Waals surface area contributed by atoms with Gasteiger partial charge in [0.15, 0.2) is 17.9 Å². The zero-order chi connectivity index (χ0) is 82.5. The fraction of sp³-hybridized carbons (Fsp3) is 0.387. The van der Waals surface area contributed by atoms with Crippen LogP contribution in [0.25, 0.3) is 78.5 Å². The molecule has 622 valence electrons. The second kappa shape index (κ2) is 41.1. The van der Waals surface area contributed by atoms with Gasteiger partial charge in [0.25, 0.3) is 0 Å². The van der Waals surface area contributed by atoms with Crippen molar-refractivity contribution in [1.29, 1.82) is 0 Å². The van der Waals surface area contributed by atoms with Crippen LogP contribution in [-0.4, -0.2) is 200 Å². The molecule has 26 nitrogen and oxygen atoms in total. The van der Waals surface area contributed by atoms with Crippen LogP contribution in [0.2, 0.25) is 0 Å². The first-order valence-corrected chi connectivity index (χ1v) is 42.8. The van der Waals surface area contributed by atoms with Crippen LogP contribution in [-0.2, 0) is 0 Å². The van der Waals surface area contributed by atoms with E-state index < -0.39 is 0 Å². The molecule has 14 aromatic heterocycles. The van der Waals surface area contributed by atoms with Crippen LogP contribution in [0.5, 0.6) is 0 Å². The molecule has 21 rings (SSSR count). The van der Waals surface area contributed by atoms with Crippen molar-refractivity contribution >= 4 is 11.3 Å². The third-order valence-electron chi connectivity index (χ3n) is 24.4. The number of aromatic nitrogens is 14. The lowest BCUT2D eigenvalue weighted by Crippen LogP contribution is -2.18. The van der Waals surface area contributed by atoms with Crippen molar-refractivity contribution in [3.63, 3.8) is 0 Å². The summed E-state index contributed by atoms with van der Waals surface area (Å²) in [7, 11) is 15.2. The van der Waals surface area contributed by atoms with Gasteiger partial charge < -0.3 is 27.3 Å². The molecular formula is C93H109N21O5S. The van der Waals surface area contributed by atoms with E-state index >= 15 is 0 Å². The van der Waals surface area contributed by atoms with Gasteiger partial charge in [0.2, 0.25) is 5.89 Å². The summed E-state index contributed by atoms with van der Waals surface area (Å²) in [6.07, 6.45) is 58.8. The van der Waals surface area contributed by atoms with E-state index in [0.29, 0.717) is 48.2 Å². The number of oxazole rings is 2. The number of H-pyrrole nitrogens is 1. The van der Waals surface area contributed by atoms with Crippen molar-refractivity contribution in [3.8, 4) is 78.5 Å². The van der Waals surface area contributed by atoms with Crippen molar-refractivity contribution in [2.75, 3.05) is 95.1 Å². The normalized spacial score (nSPS) is 20.8. The van der Waals surface area contributed by atoms with Gasteiger partial charge in [-0.2, -0.15) is 0 Å². The Balaban J connectivity index is 0.000000109. The highest BCUT2D eigenvalue weighted by atomic mass is 32.1. The number of nitrogens with zero attached hydrogens (tertiary/aromatic N) is 20. The molecule has 7 saturated heterocycles. The maximum atomic E-state index is 5.56. The van der Waals surface area contributed by atoms with E-state index in [9.17, 15) is 0 Å². The summed E-state index contributed by atoms with van der Waals surface area (Å²) in [5.74, 6) is 3.27. The molecule has 7 atom stereocenters. The molecule has 1 N–H and O–H groups in total. The van der Waals surface area contributed by atoms with Crippen LogP contribution in [0.3, 0.4) is 0 Å². The number of hydrogen-bond acceptors (Lipinski definition) is 26. The highest BCUT2D eigenvalue weighted by molar-refractivity contribution is 7.13. The summed E-state index contributed by atoms with van der Waals surface area (Å²) in [5.41, 5.74) is 19.9. The van der Waals surface area contributed by atoms with Crippen LogP contribution < -0.4 is 0 Å². The Morgan fingerprint density at radius 1 is 0.358 bits per heavy atom. The number of hydrogen-bond donors (Lipinski definition) is 1. The topological polar surface area (TPSA) is 272 Å². The van der Waals surface area contributed by atoms with Gasteiger partial charge in [-0.1, -0.05) is 10.3 Å². The molecule has 0 unspecified atom stereocenters. The largest absolute Gasteiger partial charge is 0.464 e. The summed E-state index contributed by atoms with van der Waals surface area (Å²) in [4.78, 5) is 66.6. The molecule has 7 aliphatic heterocycles. The fourth-order valence-electron chi connectivity index (χ4n) is 18.1. The Labute approximate surface area is 706 Å².